The van der Waals surface area contributed by atoms with E-state index < -0.39 is 0 Å². The van der Waals surface area contributed by atoms with E-state index in [2.05, 4.69) is 20.6 Å². The molecule has 3 heterocycles. The molecule has 3 aromatic heterocycles. The van der Waals surface area contributed by atoms with Gasteiger partial charge in [0, 0.05) is 35.7 Å². The minimum absolute atomic E-state index is 0.0742. The number of thiophene rings is 1. The lowest BCUT2D eigenvalue weighted by Crippen LogP contribution is -2.23. The molecule has 1 unspecified atom stereocenters. The minimum Gasteiger partial charge on any atom is -0.350 e. The predicted molar refractivity (Wildman–Crippen MR) is 136 cm³/mol. The number of nitrogens with zero attached hydrogens (tertiary/aromatic N) is 3. The smallest absolute Gasteiger partial charge is 0.262 e. The molecule has 4 aromatic rings. The molecule has 0 spiro atoms. The third kappa shape index (κ3) is 5.07. The average Bonchev–Trinajstić information content (AvgIpc) is 3.37. The summed E-state index contributed by atoms with van der Waals surface area (Å²) < 4.78 is 1.48. The first-order valence-electron chi connectivity index (χ1n) is 10.8. The minimum atomic E-state index is -0.217. The number of benzene rings is 1. The predicted octanol–water partition coefficient (Wildman–Crippen LogP) is 4.42. The highest BCUT2D eigenvalue weighted by atomic mass is 32.1. The van der Waals surface area contributed by atoms with Gasteiger partial charge in [0.25, 0.3) is 5.56 Å². The monoisotopic (exact) mass is 495 g/mol. The number of aryl methyl sites for hydroxylation is 3. The van der Waals surface area contributed by atoms with E-state index in [1.54, 1.807) is 0 Å². The van der Waals surface area contributed by atoms with Crippen molar-refractivity contribution in [2.75, 3.05) is 5.32 Å². The molecule has 0 bridgehead atoms. The highest BCUT2D eigenvalue weighted by Gasteiger charge is 2.14. The first-order valence-corrected chi connectivity index (χ1v) is 12.5. The molecule has 0 aliphatic heterocycles. The summed E-state index contributed by atoms with van der Waals surface area (Å²) in [6.07, 6.45) is 1.64. The number of rotatable bonds is 7. The highest BCUT2D eigenvalue weighted by molar-refractivity contribution is 7.18. The standard InChI is InChI=1S/C24H25N5O3S2/c1-13-15(3)34-22-21(13)23(32)29(12-25-22)10-9-20(31)28-24-27-19(11-33-24)18-7-5-17(6-8-18)14(2)26-16(4)30/h5-8,11-12,14H,9-10H2,1-4H3,(H,26,30)(H,27,28,31). The molecule has 0 radical (unpaired) electrons. The van der Waals surface area contributed by atoms with Gasteiger partial charge >= 0.3 is 0 Å². The Kier molecular flexibility index (Phi) is 6.90. The van der Waals surface area contributed by atoms with Crippen LogP contribution in [0.3, 0.4) is 0 Å². The fraction of sp³-hybridized carbons (Fsp3) is 0.292. The Hall–Kier alpha value is -3.37. The molecule has 2 N–H and O–H groups in total. The second kappa shape index (κ2) is 9.86. The van der Waals surface area contributed by atoms with Crippen LogP contribution in [-0.2, 0) is 16.1 Å². The number of hydrogen-bond donors (Lipinski definition) is 2. The van der Waals surface area contributed by atoms with Crippen LogP contribution in [0, 0.1) is 13.8 Å². The van der Waals surface area contributed by atoms with Gasteiger partial charge in [0.2, 0.25) is 11.8 Å². The van der Waals surface area contributed by atoms with E-state index in [4.69, 9.17) is 0 Å². The van der Waals surface area contributed by atoms with Crippen molar-refractivity contribution in [1.29, 1.82) is 0 Å². The number of nitrogens with one attached hydrogen (secondary N) is 2. The summed E-state index contributed by atoms with van der Waals surface area (Å²) >= 11 is 2.85. The molecular weight excluding hydrogens is 470 g/mol. The Balaban J connectivity index is 1.38. The molecule has 0 aliphatic carbocycles. The van der Waals surface area contributed by atoms with Crippen LogP contribution in [-0.4, -0.2) is 26.3 Å². The van der Waals surface area contributed by atoms with Gasteiger partial charge in [-0.15, -0.1) is 22.7 Å². The Morgan fingerprint density at radius 1 is 1.18 bits per heavy atom. The molecule has 176 valence electrons. The summed E-state index contributed by atoms with van der Waals surface area (Å²) in [6, 6.07) is 7.71. The molecule has 10 heteroatoms. The average molecular weight is 496 g/mol. The van der Waals surface area contributed by atoms with Crippen molar-refractivity contribution in [2.24, 2.45) is 0 Å². The topological polar surface area (TPSA) is 106 Å². The van der Waals surface area contributed by atoms with Crippen molar-refractivity contribution in [3.05, 3.63) is 62.3 Å². The van der Waals surface area contributed by atoms with Crippen LogP contribution in [0.25, 0.3) is 21.5 Å². The Morgan fingerprint density at radius 2 is 1.91 bits per heavy atom. The van der Waals surface area contributed by atoms with Crippen molar-refractivity contribution in [3.63, 3.8) is 0 Å². The highest BCUT2D eigenvalue weighted by Crippen LogP contribution is 2.27. The number of carbonyl (C=O) groups is 2. The van der Waals surface area contributed by atoms with E-state index in [1.807, 2.05) is 50.4 Å². The molecular formula is C24H25N5O3S2. The Morgan fingerprint density at radius 3 is 2.62 bits per heavy atom. The number of carbonyl (C=O) groups excluding carboxylic acids is 2. The lowest BCUT2D eigenvalue weighted by molar-refractivity contribution is -0.119. The van der Waals surface area contributed by atoms with Gasteiger partial charge in [0.1, 0.15) is 4.83 Å². The Labute approximate surface area is 204 Å². The van der Waals surface area contributed by atoms with E-state index in [9.17, 15) is 14.4 Å². The zero-order chi connectivity index (χ0) is 24.4. The van der Waals surface area contributed by atoms with E-state index in [1.165, 1.54) is 40.5 Å². The van der Waals surface area contributed by atoms with Crippen molar-refractivity contribution < 1.29 is 9.59 Å². The molecule has 0 saturated heterocycles. The summed E-state index contributed by atoms with van der Waals surface area (Å²) in [7, 11) is 0. The van der Waals surface area contributed by atoms with Crippen molar-refractivity contribution in [1.82, 2.24) is 19.9 Å². The van der Waals surface area contributed by atoms with Crippen LogP contribution < -0.4 is 16.2 Å². The van der Waals surface area contributed by atoms with Crippen molar-refractivity contribution in [3.8, 4) is 11.3 Å². The number of hydrogen-bond acceptors (Lipinski definition) is 7. The largest absolute Gasteiger partial charge is 0.350 e. The third-order valence-electron chi connectivity index (χ3n) is 5.61. The summed E-state index contributed by atoms with van der Waals surface area (Å²) in [5.41, 5.74) is 3.51. The van der Waals surface area contributed by atoms with Crippen molar-refractivity contribution in [2.45, 2.75) is 46.7 Å². The SMILES string of the molecule is CC(=O)NC(C)c1ccc(-c2csc(NC(=O)CCn3cnc4sc(C)c(C)c4c3=O)n2)cc1. The first kappa shape index (κ1) is 23.8. The van der Waals surface area contributed by atoms with Crippen LogP contribution in [0.4, 0.5) is 5.13 Å². The molecule has 1 aromatic carbocycles. The Bertz CT molecular complexity index is 1420. The van der Waals surface area contributed by atoms with Gasteiger partial charge in [0.05, 0.1) is 23.4 Å². The van der Waals surface area contributed by atoms with Gasteiger partial charge in [-0.1, -0.05) is 24.3 Å². The maximum atomic E-state index is 12.8. The molecule has 4 rings (SSSR count). The van der Waals surface area contributed by atoms with Gasteiger partial charge in [-0.3, -0.25) is 19.0 Å². The zero-order valence-corrected chi connectivity index (χ0v) is 21.0. The number of anilines is 1. The number of aromatic nitrogens is 3. The second-order valence-electron chi connectivity index (χ2n) is 8.09. The number of thiazole rings is 1. The maximum Gasteiger partial charge on any atom is 0.262 e. The summed E-state index contributed by atoms with van der Waals surface area (Å²) in [5, 5.41) is 8.69. The quantitative estimate of drug-likeness (QED) is 0.395. The fourth-order valence-electron chi connectivity index (χ4n) is 3.63. The van der Waals surface area contributed by atoms with Gasteiger partial charge in [-0.05, 0) is 31.9 Å². The van der Waals surface area contributed by atoms with Crippen molar-refractivity contribution >= 4 is 49.8 Å². The van der Waals surface area contributed by atoms with Crippen LogP contribution >= 0.6 is 22.7 Å². The van der Waals surface area contributed by atoms with Crippen LogP contribution in [0.1, 0.15) is 42.3 Å². The fourth-order valence-corrected chi connectivity index (χ4v) is 5.35. The number of fused-ring (bicyclic) bond motifs is 1. The van der Waals surface area contributed by atoms with Gasteiger partial charge in [-0.2, -0.15) is 0 Å². The van der Waals surface area contributed by atoms with E-state index in [0.29, 0.717) is 10.5 Å². The molecule has 34 heavy (non-hydrogen) atoms. The normalized spacial score (nSPS) is 12.0. The second-order valence-corrected chi connectivity index (χ2v) is 10.1. The molecule has 8 nitrogen and oxygen atoms in total. The summed E-state index contributed by atoms with van der Waals surface area (Å²) in [6.45, 7) is 7.56. The first-order chi connectivity index (χ1) is 16.2. The van der Waals surface area contributed by atoms with E-state index in [0.717, 1.165) is 32.1 Å². The molecule has 0 saturated carbocycles. The van der Waals surface area contributed by atoms with Crippen LogP contribution in [0.15, 0.2) is 40.8 Å². The molecule has 0 fully saturated rings. The van der Waals surface area contributed by atoms with Gasteiger partial charge in [-0.25, -0.2) is 9.97 Å². The summed E-state index contributed by atoms with van der Waals surface area (Å²) in [5.74, 6) is -0.291. The summed E-state index contributed by atoms with van der Waals surface area (Å²) in [4.78, 5) is 47.2. The lowest BCUT2D eigenvalue weighted by atomic mass is 10.1. The lowest BCUT2D eigenvalue weighted by Gasteiger charge is -2.13. The van der Waals surface area contributed by atoms with Gasteiger partial charge in [0.15, 0.2) is 5.13 Å². The molecule has 0 aliphatic rings. The van der Waals surface area contributed by atoms with Crippen LogP contribution in [0.2, 0.25) is 0 Å². The van der Waals surface area contributed by atoms with E-state index >= 15 is 0 Å². The molecule has 2 amide bonds. The van der Waals surface area contributed by atoms with E-state index in [-0.39, 0.29) is 36.4 Å². The zero-order valence-electron chi connectivity index (χ0n) is 19.3. The third-order valence-corrected chi connectivity index (χ3v) is 7.49. The number of amides is 2. The van der Waals surface area contributed by atoms with Crippen LogP contribution in [0.5, 0.6) is 0 Å². The maximum absolute atomic E-state index is 12.8. The molecule has 1 atom stereocenters. The van der Waals surface area contributed by atoms with Gasteiger partial charge < -0.3 is 10.6 Å².